The van der Waals surface area contributed by atoms with Gasteiger partial charge in [0, 0.05) is 29.3 Å². The van der Waals surface area contributed by atoms with Crippen LogP contribution in [-0.2, 0) is 12.8 Å². The van der Waals surface area contributed by atoms with Crippen LogP contribution >= 0.6 is 15.9 Å². The Bertz CT molecular complexity index is 655. The molecule has 1 aliphatic carbocycles. The van der Waals surface area contributed by atoms with E-state index in [9.17, 15) is 5.11 Å². The van der Waals surface area contributed by atoms with Crippen LogP contribution in [0.1, 0.15) is 29.2 Å². The maximum absolute atomic E-state index is 10.5. The van der Waals surface area contributed by atoms with E-state index in [0.717, 1.165) is 28.6 Å². The topological polar surface area (TPSA) is 29.5 Å². The van der Waals surface area contributed by atoms with Crippen LogP contribution < -0.4 is 4.74 Å². The van der Waals surface area contributed by atoms with Gasteiger partial charge in [-0.05, 0) is 29.3 Å². The Hall–Kier alpha value is -1.32. The average molecular weight is 331 g/mol. The Morgan fingerprint density at radius 2 is 1.80 bits per heavy atom. The highest BCUT2D eigenvalue weighted by Crippen LogP contribution is 2.46. The molecule has 2 aromatic rings. The fourth-order valence-corrected chi connectivity index (χ4v) is 3.86. The third-order valence-corrected chi connectivity index (χ3v) is 4.86. The molecule has 1 heterocycles. The van der Waals surface area contributed by atoms with Crippen molar-refractivity contribution in [3.8, 4) is 5.75 Å². The number of aliphatic hydroxyl groups excluding tert-OH is 1. The minimum absolute atomic E-state index is 0.274. The van der Waals surface area contributed by atoms with Gasteiger partial charge in [0.2, 0.25) is 0 Å². The fourth-order valence-electron chi connectivity index (χ4n) is 3.49. The molecule has 0 amide bonds. The van der Waals surface area contributed by atoms with E-state index in [2.05, 4.69) is 40.2 Å². The van der Waals surface area contributed by atoms with Gasteiger partial charge < -0.3 is 9.84 Å². The molecule has 4 rings (SSSR count). The van der Waals surface area contributed by atoms with Crippen molar-refractivity contribution in [2.75, 3.05) is 0 Å². The predicted octanol–water partition coefficient (Wildman–Crippen LogP) is 3.80. The van der Waals surface area contributed by atoms with Crippen molar-refractivity contribution in [3.05, 3.63) is 63.6 Å². The highest BCUT2D eigenvalue weighted by Gasteiger charge is 2.44. The van der Waals surface area contributed by atoms with Crippen LogP contribution in [0, 0.1) is 0 Å². The lowest BCUT2D eigenvalue weighted by molar-refractivity contribution is -0.00708. The molecule has 2 aliphatic rings. The third-order valence-electron chi connectivity index (χ3n) is 4.37. The zero-order valence-corrected chi connectivity index (χ0v) is 12.6. The molecule has 2 nitrogen and oxygen atoms in total. The molecule has 1 N–H and O–H groups in total. The molecule has 1 spiro atoms. The van der Waals surface area contributed by atoms with Crippen molar-refractivity contribution in [3.63, 3.8) is 0 Å². The second-order valence-electron chi connectivity index (χ2n) is 5.81. The van der Waals surface area contributed by atoms with Crippen molar-refractivity contribution in [2.45, 2.75) is 31.0 Å². The van der Waals surface area contributed by atoms with Gasteiger partial charge in [0.1, 0.15) is 11.4 Å². The Labute approximate surface area is 126 Å². The second kappa shape index (κ2) is 4.34. The van der Waals surface area contributed by atoms with Gasteiger partial charge in [-0.3, -0.25) is 0 Å². The first-order valence-corrected chi connectivity index (χ1v) is 7.68. The van der Waals surface area contributed by atoms with Crippen LogP contribution in [-0.4, -0.2) is 10.7 Å². The van der Waals surface area contributed by atoms with Crippen molar-refractivity contribution >= 4 is 15.9 Å². The number of halogens is 1. The summed E-state index contributed by atoms with van der Waals surface area (Å²) in [5.41, 5.74) is 3.31. The van der Waals surface area contributed by atoms with Gasteiger partial charge in [-0.25, -0.2) is 0 Å². The SMILES string of the molecule is OC1CC2(Cc3ccccc3C2)Oc2ccc(Br)cc21. The molecule has 20 heavy (non-hydrogen) atoms. The number of fused-ring (bicyclic) bond motifs is 2. The zero-order chi connectivity index (χ0) is 13.7. The zero-order valence-electron chi connectivity index (χ0n) is 11.0. The number of benzene rings is 2. The molecule has 2 aromatic carbocycles. The summed E-state index contributed by atoms with van der Waals surface area (Å²) < 4.78 is 7.28. The van der Waals surface area contributed by atoms with Gasteiger partial charge >= 0.3 is 0 Å². The van der Waals surface area contributed by atoms with Crippen LogP contribution in [0.3, 0.4) is 0 Å². The van der Waals surface area contributed by atoms with E-state index in [4.69, 9.17) is 4.74 Å². The molecule has 0 fully saturated rings. The molecule has 0 bridgehead atoms. The number of aliphatic hydroxyl groups is 1. The molecule has 0 radical (unpaired) electrons. The summed E-state index contributed by atoms with van der Waals surface area (Å²) in [6.07, 6.45) is 1.97. The molecule has 0 saturated carbocycles. The first kappa shape index (κ1) is 12.4. The lowest BCUT2D eigenvalue weighted by atomic mass is 9.86. The van der Waals surface area contributed by atoms with Gasteiger partial charge in [-0.15, -0.1) is 0 Å². The standard InChI is InChI=1S/C17H15BrO2/c18-13-5-6-16-14(7-13)15(19)10-17(20-16)8-11-3-1-2-4-12(11)9-17/h1-7,15,19H,8-10H2. The molecule has 1 atom stereocenters. The smallest absolute Gasteiger partial charge is 0.126 e. The molecular formula is C17H15BrO2. The summed E-state index contributed by atoms with van der Waals surface area (Å²) in [5, 5.41) is 10.5. The summed E-state index contributed by atoms with van der Waals surface area (Å²) in [4.78, 5) is 0. The lowest BCUT2D eigenvalue weighted by Crippen LogP contribution is -2.42. The first-order chi connectivity index (χ1) is 9.65. The van der Waals surface area contributed by atoms with Gasteiger partial charge in [-0.2, -0.15) is 0 Å². The summed E-state index contributed by atoms with van der Waals surface area (Å²) in [6.45, 7) is 0. The van der Waals surface area contributed by atoms with Crippen molar-refractivity contribution < 1.29 is 9.84 Å². The van der Waals surface area contributed by atoms with E-state index < -0.39 is 6.10 Å². The van der Waals surface area contributed by atoms with Gasteiger partial charge in [0.15, 0.2) is 0 Å². The van der Waals surface area contributed by atoms with E-state index in [1.54, 1.807) is 0 Å². The largest absolute Gasteiger partial charge is 0.486 e. The van der Waals surface area contributed by atoms with Crippen molar-refractivity contribution in [1.82, 2.24) is 0 Å². The average Bonchev–Trinajstić information content (AvgIpc) is 2.77. The summed E-state index contributed by atoms with van der Waals surface area (Å²) in [5.74, 6) is 0.819. The summed E-state index contributed by atoms with van der Waals surface area (Å²) in [6, 6.07) is 14.3. The maximum Gasteiger partial charge on any atom is 0.126 e. The van der Waals surface area contributed by atoms with Crippen LogP contribution in [0.25, 0.3) is 0 Å². The Morgan fingerprint density at radius 1 is 1.10 bits per heavy atom. The number of hydrogen-bond acceptors (Lipinski definition) is 2. The third kappa shape index (κ3) is 1.88. The Morgan fingerprint density at radius 3 is 2.50 bits per heavy atom. The number of hydrogen-bond donors (Lipinski definition) is 1. The van der Waals surface area contributed by atoms with Crippen LogP contribution in [0.15, 0.2) is 46.9 Å². The Kier molecular flexibility index (Phi) is 2.69. The van der Waals surface area contributed by atoms with Crippen molar-refractivity contribution in [2.24, 2.45) is 0 Å². The molecule has 0 aromatic heterocycles. The quantitative estimate of drug-likeness (QED) is 0.796. The molecule has 1 unspecified atom stereocenters. The number of rotatable bonds is 0. The lowest BCUT2D eigenvalue weighted by Gasteiger charge is -2.38. The van der Waals surface area contributed by atoms with Crippen LogP contribution in [0.5, 0.6) is 5.75 Å². The highest BCUT2D eigenvalue weighted by atomic mass is 79.9. The molecule has 3 heteroatoms. The van der Waals surface area contributed by atoms with E-state index in [1.807, 2.05) is 18.2 Å². The van der Waals surface area contributed by atoms with Crippen LogP contribution in [0.4, 0.5) is 0 Å². The highest BCUT2D eigenvalue weighted by molar-refractivity contribution is 9.10. The molecular weight excluding hydrogens is 316 g/mol. The molecule has 0 saturated heterocycles. The number of ether oxygens (including phenoxy) is 1. The van der Waals surface area contributed by atoms with Gasteiger partial charge in [0.25, 0.3) is 0 Å². The Balaban J connectivity index is 1.73. The summed E-state index contributed by atoms with van der Waals surface area (Å²) >= 11 is 3.45. The predicted molar refractivity (Wildman–Crippen MR) is 80.9 cm³/mol. The monoisotopic (exact) mass is 330 g/mol. The van der Waals surface area contributed by atoms with Crippen molar-refractivity contribution in [1.29, 1.82) is 0 Å². The van der Waals surface area contributed by atoms with E-state index >= 15 is 0 Å². The van der Waals surface area contributed by atoms with E-state index in [1.165, 1.54) is 11.1 Å². The summed E-state index contributed by atoms with van der Waals surface area (Å²) in [7, 11) is 0. The maximum atomic E-state index is 10.5. The molecule has 1 aliphatic heterocycles. The minimum atomic E-state index is -0.453. The van der Waals surface area contributed by atoms with Gasteiger partial charge in [-0.1, -0.05) is 40.2 Å². The fraction of sp³-hybridized carbons (Fsp3) is 0.294. The van der Waals surface area contributed by atoms with E-state index in [-0.39, 0.29) is 5.60 Å². The van der Waals surface area contributed by atoms with E-state index in [0.29, 0.717) is 6.42 Å². The first-order valence-electron chi connectivity index (χ1n) is 6.89. The van der Waals surface area contributed by atoms with Crippen LogP contribution in [0.2, 0.25) is 0 Å². The molecule has 102 valence electrons. The second-order valence-corrected chi connectivity index (χ2v) is 6.73. The normalized spacial score (nSPS) is 22.2. The minimum Gasteiger partial charge on any atom is -0.486 e. The van der Waals surface area contributed by atoms with Gasteiger partial charge in [0.05, 0.1) is 6.10 Å².